The molecule has 0 saturated carbocycles. The number of aromatic nitrogens is 1. The molecule has 3 aromatic rings. The molecular formula is C26H28ClN5O3. The first-order valence-electron chi connectivity index (χ1n) is 11.5. The zero-order chi connectivity index (χ0) is 24.6. The van der Waals surface area contributed by atoms with Gasteiger partial charge in [-0.3, -0.25) is 14.5 Å². The summed E-state index contributed by atoms with van der Waals surface area (Å²) in [6.07, 6.45) is 1.64. The molecular weight excluding hydrogens is 466 g/mol. The van der Waals surface area contributed by atoms with Crippen molar-refractivity contribution < 1.29 is 14.3 Å². The van der Waals surface area contributed by atoms with Crippen molar-refractivity contribution in [2.75, 3.05) is 54.9 Å². The van der Waals surface area contributed by atoms with Crippen LogP contribution in [0, 0.1) is 0 Å². The summed E-state index contributed by atoms with van der Waals surface area (Å²) >= 11 is 5.91. The van der Waals surface area contributed by atoms with Crippen molar-refractivity contribution >= 4 is 40.6 Å². The number of halogens is 1. The van der Waals surface area contributed by atoms with E-state index in [1.165, 1.54) is 0 Å². The van der Waals surface area contributed by atoms with Gasteiger partial charge < -0.3 is 20.3 Å². The van der Waals surface area contributed by atoms with Crippen LogP contribution < -0.4 is 20.3 Å². The zero-order valence-electron chi connectivity index (χ0n) is 19.5. The highest BCUT2D eigenvalue weighted by molar-refractivity contribution is 6.30. The van der Waals surface area contributed by atoms with E-state index < -0.39 is 0 Å². The third kappa shape index (κ3) is 6.94. The van der Waals surface area contributed by atoms with Gasteiger partial charge in [0, 0.05) is 49.3 Å². The Morgan fingerprint density at radius 1 is 0.914 bits per heavy atom. The molecule has 0 aliphatic carbocycles. The minimum Gasteiger partial charge on any atom is -0.494 e. The Labute approximate surface area is 209 Å². The van der Waals surface area contributed by atoms with Crippen LogP contribution in [0.15, 0.2) is 66.9 Å². The largest absolute Gasteiger partial charge is 0.494 e. The lowest BCUT2D eigenvalue weighted by molar-refractivity contribution is -0.117. The van der Waals surface area contributed by atoms with Gasteiger partial charge >= 0.3 is 0 Å². The molecule has 35 heavy (non-hydrogen) atoms. The van der Waals surface area contributed by atoms with Crippen LogP contribution in [0.1, 0.15) is 17.3 Å². The Kier molecular flexibility index (Phi) is 8.18. The first-order valence-corrected chi connectivity index (χ1v) is 11.9. The van der Waals surface area contributed by atoms with Crippen molar-refractivity contribution in [2.45, 2.75) is 6.92 Å². The average Bonchev–Trinajstić information content (AvgIpc) is 2.87. The predicted molar refractivity (Wildman–Crippen MR) is 139 cm³/mol. The maximum atomic E-state index is 12.5. The average molecular weight is 494 g/mol. The second-order valence-corrected chi connectivity index (χ2v) is 8.57. The van der Waals surface area contributed by atoms with Crippen LogP contribution in [0.4, 0.5) is 17.2 Å². The van der Waals surface area contributed by atoms with E-state index in [-0.39, 0.29) is 11.8 Å². The third-order valence-corrected chi connectivity index (χ3v) is 5.85. The van der Waals surface area contributed by atoms with Gasteiger partial charge in [0.15, 0.2) is 0 Å². The van der Waals surface area contributed by atoms with Crippen LogP contribution in [-0.2, 0) is 4.79 Å². The lowest BCUT2D eigenvalue weighted by Gasteiger charge is -2.35. The summed E-state index contributed by atoms with van der Waals surface area (Å²) in [5.41, 5.74) is 1.84. The van der Waals surface area contributed by atoms with Gasteiger partial charge in [-0.05, 0) is 67.6 Å². The Morgan fingerprint density at radius 3 is 2.20 bits per heavy atom. The fourth-order valence-electron chi connectivity index (χ4n) is 3.80. The maximum Gasteiger partial charge on any atom is 0.255 e. The fourth-order valence-corrected chi connectivity index (χ4v) is 3.91. The number of hydrogen-bond donors (Lipinski definition) is 2. The molecule has 0 bridgehead atoms. The van der Waals surface area contributed by atoms with Crippen molar-refractivity contribution in [3.8, 4) is 5.75 Å². The molecule has 1 aromatic heterocycles. The highest BCUT2D eigenvalue weighted by atomic mass is 35.5. The smallest absolute Gasteiger partial charge is 0.255 e. The molecule has 1 aliphatic rings. The van der Waals surface area contributed by atoms with Gasteiger partial charge in [0.1, 0.15) is 11.6 Å². The monoisotopic (exact) mass is 493 g/mol. The number of piperazine rings is 1. The number of hydrogen-bond acceptors (Lipinski definition) is 6. The van der Waals surface area contributed by atoms with E-state index in [4.69, 9.17) is 16.3 Å². The van der Waals surface area contributed by atoms with Crippen LogP contribution in [0.5, 0.6) is 5.75 Å². The Hall–Kier alpha value is -3.62. The standard InChI is InChI=1S/C26H28ClN5O3/c1-2-35-23-10-8-22(9-11-23)30-26(34)19-3-6-21(7-4-19)29-25(33)18-31-13-15-32(16-14-31)24-12-5-20(27)17-28-24/h3-12,17H,2,13-16,18H2,1H3,(H,29,33)(H,30,34). The molecule has 0 radical (unpaired) electrons. The molecule has 1 fully saturated rings. The topological polar surface area (TPSA) is 86.8 Å². The minimum absolute atomic E-state index is 0.0883. The second-order valence-electron chi connectivity index (χ2n) is 8.13. The number of carbonyl (C=O) groups excluding carboxylic acids is 2. The highest BCUT2D eigenvalue weighted by Gasteiger charge is 2.20. The second kappa shape index (κ2) is 11.7. The van der Waals surface area contributed by atoms with E-state index >= 15 is 0 Å². The number of nitrogens with zero attached hydrogens (tertiary/aromatic N) is 3. The molecule has 0 spiro atoms. The minimum atomic E-state index is -0.222. The van der Waals surface area contributed by atoms with Gasteiger partial charge in [-0.25, -0.2) is 4.98 Å². The Balaban J connectivity index is 1.23. The SMILES string of the molecule is CCOc1ccc(NC(=O)c2ccc(NC(=O)CN3CCN(c4ccc(Cl)cn4)CC3)cc2)cc1. The predicted octanol–water partition coefficient (Wildman–Crippen LogP) is 4.15. The number of ether oxygens (including phenoxy) is 1. The maximum absolute atomic E-state index is 12.5. The van der Waals surface area contributed by atoms with Crippen molar-refractivity contribution in [1.82, 2.24) is 9.88 Å². The van der Waals surface area contributed by atoms with Crippen LogP contribution in [-0.4, -0.2) is 61.0 Å². The summed E-state index contributed by atoms with van der Waals surface area (Å²) in [5, 5.41) is 6.38. The van der Waals surface area contributed by atoms with Crippen molar-refractivity contribution in [3.63, 3.8) is 0 Å². The van der Waals surface area contributed by atoms with Crippen LogP contribution >= 0.6 is 11.6 Å². The quantitative estimate of drug-likeness (QED) is 0.490. The summed E-state index contributed by atoms with van der Waals surface area (Å²) in [5.74, 6) is 1.34. The fraction of sp³-hybridized carbons (Fsp3) is 0.269. The van der Waals surface area contributed by atoms with E-state index in [9.17, 15) is 9.59 Å². The lowest BCUT2D eigenvalue weighted by Crippen LogP contribution is -2.48. The Bertz CT molecular complexity index is 1130. The van der Waals surface area contributed by atoms with Gasteiger partial charge in [-0.15, -0.1) is 0 Å². The van der Waals surface area contributed by atoms with Gasteiger partial charge in [0.25, 0.3) is 5.91 Å². The first kappa shape index (κ1) is 24.5. The van der Waals surface area contributed by atoms with Gasteiger partial charge in [-0.2, -0.15) is 0 Å². The molecule has 4 rings (SSSR count). The number of carbonyl (C=O) groups is 2. The molecule has 0 unspecified atom stereocenters. The summed E-state index contributed by atoms with van der Waals surface area (Å²) < 4.78 is 5.41. The summed E-state index contributed by atoms with van der Waals surface area (Å²) in [6.45, 7) is 5.93. The van der Waals surface area contributed by atoms with Crippen LogP contribution in [0.25, 0.3) is 0 Å². The molecule has 1 saturated heterocycles. The molecule has 0 atom stereocenters. The van der Waals surface area contributed by atoms with Crippen molar-refractivity contribution in [1.29, 1.82) is 0 Å². The van der Waals surface area contributed by atoms with Crippen LogP contribution in [0.2, 0.25) is 5.02 Å². The van der Waals surface area contributed by atoms with E-state index in [0.717, 1.165) is 37.7 Å². The highest BCUT2D eigenvalue weighted by Crippen LogP contribution is 2.18. The molecule has 2 aromatic carbocycles. The molecule has 182 valence electrons. The number of rotatable bonds is 8. The van der Waals surface area contributed by atoms with E-state index in [1.807, 2.05) is 31.2 Å². The third-order valence-electron chi connectivity index (χ3n) is 5.63. The lowest BCUT2D eigenvalue weighted by atomic mass is 10.2. The molecule has 8 nitrogen and oxygen atoms in total. The van der Waals surface area contributed by atoms with E-state index in [0.29, 0.717) is 35.1 Å². The molecule has 2 heterocycles. The van der Waals surface area contributed by atoms with Crippen LogP contribution in [0.3, 0.4) is 0 Å². The van der Waals surface area contributed by atoms with Gasteiger partial charge in [-0.1, -0.05) is 11.6 Å². The van der Waals surface area contributed by atoms with E-state index in [2.05, 4.69) is 25.4 Å². The number of amides is 2. The van der Waals surface area contributed by atoms with E-state index in [1.54, 1.807) is 42.6 Å². The summed E-state index contributed by atoms with van der Waals surface area (Å²) in [4.78, 5) is 33.7. The summed E-state index contributed by atoms with van der Waals surface area (Å²) in [6, 6.07) is 17.8. The molecule has 1 aliphatic heterocycles. The van der Waals surface area contributed by atoms with Crippen molar-refractivity contribution in [3.05, 3.63) is 77.4 Å². The number of anilines is 3. The zero-order valence-corrected chi connectivity index (χ0v) is 20.3. The number of benzene rings is 2. The Morgan fingerprint density at radius 2 is 1.57 bits per heavy atom. The number of pyridine rings is 1. The number of nitrogens with one attached hydrogen (secondary N) is 2. The van der Waals surface area contributed by atoms with Crippen molar-refractivity contribution in [2.24, 2.45) is 0 Å². The molecule has 2 N–H and O–H groups in total. The van der Waals surface area contributed by atoms with Gasteiger partial charge in [0.2, 0.25) is 5.91 Å². The normalized spacial score (nSPS) is 13.8. The summed E-state index contributed by atoms with van der Waals surface area (Å²) in [7, 11) is 0. The first-order chi connectivity index (χ1) is 17.0. The molecule has 9 heteroatoms. The van der Waals surface area contributed by atoms with Gasteiger partial charge in [0.05, 0.1) is 18.2 Å². The molecule has 2 amide bonds.